The maximum atomic E-state index is 5.03. The first-order valence-electron chi connectivity index (χ1n) is 3.07. The normalized spacial score (nSPS) is 18.4. The lowest BCUT2D eigenvalue weighted by Gasteiger charge is -2.08. The van der Waals surface area contributed by atoms with Crippen LogP contribution < -0.4 is 0 Å². The summed E-state index contributed by atoms with van der Waals surface area (Å²) in [6.07, 6.45) is 6.03. The Hall–Kier alpha value is -0.720. The van der Waals surface area contributed by atoms with Crippen molar-refractivity contribution < 1.29 is 4.74 Å². The van der Waals surface area contributed by atoms with E-state index in [9.17, 15) is 0 Å². The minimum absolute atomic E-state index is 0.912. The van der Waals surface area contributed by atoms with Crippen molar-refractivity contribution in [2.75, 3.05) is 7.11 Å². The van der Waals surface area contributed by atoms with Crippen molar-refractivity contribution >= 4 is 0 Å². The van der Waals surface area contributed by atoms with Gasteiger partial charge in [0.15, 0.2) is 0 Å². The predicted octanol–water partition coefficient (Wildman–Crippen LogP) is 2.07. The molecule has 0 amide bonds. The van der Waals surface area contributed by atoms with E-state index in [4.69, 9.17) is 4.74 Å². The summed E-state index contributed by atoms with van der Waals surface area (Å²) in [6.45, 7) is 3.83. The van der Waals surface area contributed by atoms with Crippen molar-refractivity contribution in [3.05, 3.63) is 30.4 Å². The van der Waals surface area contributed by atoms with Crippen LogP contribution in [0.2, 0.25) is 0 Å². The minimum Gasteiger partial charge on any atom is -0.501 e. The largest absolute Gasteiger partial charge is 0.501 e. The fourth-order valence-corrected chi connectivity index (χ4v) is 0.823. The molecule has 0 bridgehead atoms. The highest BCUT2D eigenvalue weighted by atomic mass is 16.5. The van der Waals surface area contributed by atoms with Gasteiger partial charge >= 0.3 is 0 Å². The molecule has 9 heavy (non-hydrogen) atoms. The number of allylic oxidation sites excluding steroid dienone is 3. The molecule has 0 aliphatic heterocycles. The Labute approximate surface area is 56.0 Å². The fraction of sp³-hybridized carbons (Fsp3) is 0.375. The van der Waals surface area contributed by atoms with Crippen molar-refractivity contribution in [3.63, 3.8) is 0 Å². The molecule has 0 aromatic carbocycles. The smallest absolute Gasteiger partial charge is 0.0956 e. The third kappa shape index (κ3) is 1.60. The summed E-state index contributed by atoms with van der Waals surface area (Å²) in [6, 6.07) is 0. The molecule has 0 fully saturated rings. The van der Waals surface area contributed by atoms with E-state index in [0.29, 0.717) is 0 Å². The van der Waals surface area contributed by atoms with Gasteiger partial charge in [0.05, 0.1) is 12.9 Å². The predicted molar refractivity (Wildman–Crippen MR) is 37.8 cm³/mol. The van der Waals surface area contributed by atoms with Crippen molar-refractivity contribution in [2.24, 2.45) is 0 Å². The van der Waals surface area contributed by atoms with Crippen LogP contribution in [0, 0.1) is 6.92 Å². The maximum Gasteiger partial charge on any atom is 0.0956 e. The summed E-state index contributed by atoms with van der Waals surface area (Å²) >= 11 is 0. The first kappa shape index (κ1) is 6.40. The Bertz CT molecular complexity index is 154. The number of hydrogen-bond acceptors (Lipinski definition) is 1. The third-order valence-corrected chi connectivity index (χ3v) is 1.45. The van der Waals surface area contributed by atoms with E-state index < -0.39 is 0 Å². The molecule has 0 N–H and O–H groups in total. The van der Waals surface area contributed by atoms with Gasteiger partial charge in [-0.3, -0.25) is 0 Å². The van der Waals surface area contributed by atoms with Crippen LogP contribution in [-0.4, -0.2) is 7.11 Å². The highest BCUT2D eigenvalue weighted by molar-refractivity contribution is 5.19. The zero-order valence-corrected chi connectivity index (χ0v) is 5.68. The Morgan fingerprint density at radius 3 is 2.67 bits per heavy atom. The Kier molecular flexibility index (Phi) is 1.93. The van der Waals surface area contributed by atoms with E-state index in [1.165, 1.54) is 5.57 Å². The van der Waals surface area contributed by atoms with Gasteiger partial charge in [0.1, 0.15) is 0 Å². The molecule has 1 aliphatic rings. The molecule has 1 radical (unpaired) electrons. The van der Waals surface area contributed by atoms with E-state index in [0.717, 1.165) is 18.6 Å². The Morgan fingerprint density at radius 2 is 2.22 bits per heavy atom. The number of methoxy groups -OCH3 is 1. The Balaban J connectivity index is 2.48. The number of rotatable bonds is 1. The second kappa shape index (κ2) is 2.72. The molecule has 1 heteroatoms. The molecule has 49 valence electrons. The van der Waals surface area contributed by atoms with Gasteiger partial charge in [0.25, 0.3) is 0 Å². The summed E-state index contributed by atoms with van der Waals surface area (Å²) in [4.78, 5) is 0. The SMILES string of the molecule is [CH2]C1=CCC(OC)=CC1. The summed E-state index contributed by atoms with van der Waals surface area (Å²) in [5.74, 6) is 1.06. The lowest BCUT2D eigenvalue weighted by molar-refractivity contribution is 0.282. The second-order valence-corrected chi connectivity index (χ2v) is 2.15. The van der Waals surface area contributed by atoms with Gasteiger partial charge in [-0.05, 0) is 19.4 Å². The van der Waals surface area contributed by atoms with E-state index in [-0.39, 0.29) is 0 Å². The van der Waals surface area contributed by atoms with Gasteiger partial charge in [-0.1, -0.05) is 11.6 Å². The highest BCUT2D eigenvalue weighted by Gasteiger charge is 1.99. The van der Waals surface area contributed by atoms with Gasteiger partial charge in [0, 0.05) is 6.42 Å². The van der Waals surface area contributed by atoms with Crippen molar-refractivity contribution in [3.8, 4) is 0 Å². The molecule has 0 saturated heterocycles. The quantitative estimate of drug-likeness (QED) is 0.518. The lowest BCUT2D eigenvalue weighted by atomic mass is 10.1. The maximum absolute atomic E-state index is 5.03. The van der Waals surface area contributed by atoms with Gasteiger partial charge in [-0.2, -0.15) is 0 Å². The van der Waals surface area contributed by atoms with E-state index in [2.05, 4.69) is 19.1 Å². The average molecular weight is 123 g/mol. The first-order valence-corrected chi connectivity index (χ1v) is 3.07. The average Bonchev–Trinajstić information content (AvgIpc) is 1.90. The first-order chi connectivity index (χ1) is 4.33. The van der Waals surface area contributed by atoms with Gasteiger partial charge in [0.2, 0.25) is 0 Å². The molecule has 0 saturated carbocycles. The standard InChI is InChI=1S/C8H11O/c1-7-3-5-8(9-2)6-4-7/h3,6H,1,4-5H2,2H3. The van der Waals surface area contributed by atoms with Crippen molar-refractivity contribution in [2.45, 2.75) is 12.8 Å². The summed E-state index contributed by atoms with van der Waals surface area (Å²) in [7, 11) is 1.70. The molecule has 1 rings (SSSR count). The van der Waals surface area contributed by atoms with E-state index in [1.807, 2.05) is 0 Å². The molecular weight excluding hydrogens is 112 g/mol. The molecule has 0 spiro atoms. The molecule has 0 aromatic rings. The number of hydrogen-bond donors (Lipinski definition) is 0. The Morgan fingerprint density at radius 1 is 1.44 bits per heavy atom. The summed E-state index contributed by atoms with van der Waals surface area (Å²) in [5.41, 5.74) is 1.19. The van der Waals surface area contributed by atoms with Crippen LogP contribution >= 0.6 is 0 Å². The zero-order valence-electron chi connectivity index (χ0n) is 5.68. The zero-order chi connectivity index (χ0) is 6.69. The molecular formula is C8H11O. The monoisotopic (exact) mass is 123 g/mol. The summed E-state index contributed by atoms with van der Waals surface area (Å²) < 4.78 is 5.03. The van der Waals surface area contributed by atoms with Gasteiger partial charge < -0.3 is 4.74 Å². The molecule has 1 nitrogen and oxygen atoms in total. The van der Waals surface area contributed by atoms with Gasteiger partial charge in [-0.25, -0.2) is 0 Å². The molecule has 0 heterocycles. The fourth-order valence-electron chi connectivity index (χ4n) is 0.823. The van der Waals surface area contributed by atoms with E-state index >= 15 is 0 Å². The van der Waals surface area contributed by atoms with Crippen LogP contribution in [0.3, 0.4) is 0 Å². The van der Waals surface area contributed by atoms with Crippen LogP contribution in [0.25, 0.3) is 0 Å². The molecule has 1 aliphatic carbocycles. The van der Waals surface area contributed by atoms with Crippen LogP contribution in [0.1, 0.15) is 12.8 Å². The van der Waals surface area contributed by atoms with Crippen LogP contribution in [0.4, 0.5) is 0 Å². The second-order valence-electron chi connectivity index (χ2n) is 2.15. The highest BCUT2D eigenvalue weighted by Crippen LogP contribution is 2.15. The lowest BCUT2D eigenvalue weighted by Crippen LogP contribution is -1.91. The van der Waals surface area contributed by atoms with Crippen molar-refractivity contribution in [1.82, 2.24) is 0 Å². The minimum atomic E-state index is 0.912. The molecule has 0 aromatic heterocycles. The third-order valence-electron chi connectivity index (χ3n) is 1.45. The van der Waals surface area contributed by atoms with Crippen LogP contribution in [0.15, 0.2) is 23.5 Å². The van der Waals surface area contributed by atoms with Crippen molar-refractivity contribution in [1.29, 1.82) is 0 Å². The van der Waals surface area contributed by atoms with Crippen LogP contribution in [-0.2, 0) is 4.74 Å². The number of ether oxygens (including phenoxy) is 1. The van der Waals surface area contributed by atoms with E-state index in [1.54, 1.807) is 7.11 Å². The summed E-state index contributed by atoms with van der Waals surface area (Å²) in [5, 5.41) is 0. The molecule has 0 atom stereocenters. The topological polar surface area (TPSA) is 9.23 Å². The van der Waals surface area contributed by atoms with Gasteiger partial charge in [-0.15, -0.1) is 0 Å². The molecule has 0 unspecified atom stereocenters. The van der Waals surface area contributed by atoms with Crippen LogP contribution in [0.5, 0.6) is 0 Å².